The summed E-state index contributed by atoms with van der Waals surface area (Å²) in [7, 11) is 0. The maximum absolute atomic E-state index is 11.5. The zero-order valence-electron chi connectivity index (χ0n) is 10.1. The molecule has 0 unspecified atom stereocenters. The fourth-order valence-corrected chi connectivity index (χ4v) is 1.04. The number of nitrogens with two attached hydrogens (primary N) is 1. The van der Waals surface area contributed by atoms with Crippen LogP contribution in [0.4, 0.5) is 0 Å². The minimum Gasteiger partial charge on any atom is -0.462 e. The first-order valence-electron chi connectivity index (χ1n) is 5.12. The van der Waals surface area contributed by atoms with Crippen molar-refractivity contribution in [2.24, 2.45) is 5.73 Å². The van der Waals surface area contributed by atoms with Crippen LogP contribution in [0, 0.1) is 11.3 Å². The number of ether oxygens (including phenoxy) is 2. The summed E-state index contributed by atoms with van der Waals surface area (Å²) < 4.78 is 9.38. The number of hydrogen-bond donors (Lipinski definition) is 2. The minimum absolute atomic E-state index is 0.0948. The lowest BCUT2D eigenvalue weighted by atomic mass is 10.2. The SMILES string of the molecule is CCOC(=O)C(=C/C(C#N)=C(\N)S)C(=O)OCC. The third-order valence-electron chi connectivity index (χ3n) is 1.68. The summed E-state index contributed by atoms with van der Waals surface area (Å²) in [4.78, 5) is 23.1. The second-order valence-corrected chi connectivity index (χ2v) is 3.39. The van der Waals surface area contributed by atoms with E-state index in [2.05, 4.69) is 12.6 Å². The molecule has 0 radical (unpaired) electrons. The van der Waals surface area contributed by atoms with Crippen molar-refractivity contribution in [1.82, 2.24) is 0 Å². The zero-order chi connectivity index (χ0) is 14.1. The Morgan fingerprint density at radius 2 is 1.72 bits per heavy atom. The van der Waals surface area contributed by atoms with Crippen molar-refractivity contribution in [1.29, 1.82) is 5.26 Å². The third-order valence-corrected chi connectivity index (χ3v) is 1.92. The average molecular weight is 270 g/mol. The fraction of sp³-hybridized carbons (Fsp3) is 0.364. The molecule has 0 amide bonds. The Bertz CT molecular complexity index is 411. The van der Waals surface area contributed by atoms with Crippen LogP contribution in [0.25, 0.3) is 0 Å². The van der Waals surface area contributed by atoms with Gasteiger partial charge >= 0.3 is 11.9 Å². The highest BCUT2D eigenvalue weighted by atomic mass is 32.1. The van der Waals surface area contributed by atoms with E-state index >= 15 is 0 Å². The number of rotatable bonds is 5. The summed E-state index contributed by atoms with van der Waals surface area (Å²) in [5, 5.41) is 8.68. The van der Waals surface area contributed by atoms with Gasteiger partial charge in [0.25, 0.3) is 0 Å². The predicted octanol–water partition coefficient (Wildman–Crippen LogP) is 0.663. The van der Waals surface area contributed by atoms with Gasteiger partial charge in [-0.25, -0.2) is 9.59 Å². The maximum atomic E-state index is 11.5. The van der Waals surface area contributed by atoms with Crippen LogP contribution < -0.4 is 5.73 Å². The molecular formula is C11H14N2O4S. The summed E-state index contributed by atoms with van der Waals surface area (Å²) in [6.45, 7) is 3.37. The number of esters is 2. The van der Waals surface area contributed by atoms with Gasteiger partial charge in [-0.05, 0) is 19.9 Å². The van der Waals surface area contributed by atoms with E-state index in [-0.39, 0.29) is 23.8 Å². The third kappa shape index (κ3) is 4.93. The molecule has 0 fully saturated rings. The van der Waals surface area contributed by atoms with Crippen molar-refractivity contribution in [2.45, 2.75) is 13.8 Å². The van der Waals surface area contributed by atoms with Crippen LogP contribution in [0.1, 0.15) is 13.8 Å². The van der Waals surface area contributed by atoms with Crippen LogP contribution >= 0.6 is 12.6 Å². The number of nitriles is 1. The monoisotopic (exact) mass is 270 g/mol. The highest BCUT2D eigenvalue weighted by Crippen LogP contribution is 2.10. The van der Waals surface area contributed by atoms with Crippen LogP contribution in [0.2, 0.25) is 0 Å². The van der Waals surface area contributed by atoms with E-state index < -0.39 is 17.5 Å². The molecule has 0 aromatic rings. The summed E-state index contributed by atoms with van der Waals surface area (Å²) in [6.07, 6.45) is 0.998. The van der Waals surface area contributed by atoms with Crippen molar-refractivity contribution in [3.8, 4) is 6.07 Å². The Labute approximate surface area is 110 Å². The largest absolute Gasteiger partial charge is 0.462 e. The summed E-state index contributed by atoms with van der Waals surface area (Å²) in [5.41, 5.74) is 4.80. The molecule has 0 aromatic heterocycles. The maximum Gasteiger partial charge on any atom is 0.345 e. The molecule has 0 aliphatic carbocycles. The van der Waals surface area contributed by atoms with Gasteiger partial charge in [0.05, 0.1) is 23.8 Å². The Kier molecular flexibility index (Phi) is 7.31. The van der Waals surface area contributed by atoms with Gasteiger partial charge in [-0.3, -0.25) is 0 Å². The summed E-state index contributed by atoms with van der Waals surface area (Å²) >= 11 is 3.78. The van der Waals surface area contributed by atoms with Crippen molar-refractivity contribution in [2.75, 3.05) is 13.2 Å². The Morgan fingerprint density at radius 1 is 1.28 bits per heavy atom. The van der Waals surface area contributed by atoms with Crippen LogP contribution in [-0.4, -0.2) is 25.2 Å². The molecule has 0 heterocycles. The highest BCUT2D eigenvalue weighted by molar-refractivity contribution is 7.84. The number of hydrogen-bond acceptors (Lipinski definition) is 7. The molecule has 98 valence electrons. The smallest absolute Gasteiger partial charge is 0.345 e. The molecule has 6 nitrogen and oxygen atoms in total. The first kappa shape index (κ1) is 16.1. The number of nitrogens with zero attached hydrogens (tertiary/aromatic N) is 1. The van der Waals surface area contributed by atoms with E-state index in [1.807, 2.05) is 0 Å². The predicted molar refractivity (Wildman–Crippen MR) is 67.2 cm³/mol. The van der Waals surface area contributed by atoms with Gasteiger partial charge in [0, 0.05) is 0 Å². The van der Waals surface area contributed by atoms with Gasteiger partial charge < -0.3 is 15.2 Å². The molecule has 0 aliphatic rings. The molecule has 18 heavy (non-hydrogen) atoms. The molecule has 0 aromatic carbocycles. The van der Waals surface area contributed by atoms with Crippen molar-refractivity contribution in [3.05, 3.63) is 22.3 Å². The molecule has 0 aliphatic heterocycles. The van der Waals surface area contributed by atoms with E-state index in [4.69, 9.17) is 20.5 Å². The molecule has 7 heteroatoms. The normalized spacial score (nSPS) is 10.8. The number of thiol groups is 1. The van der Waals surface area contributed by atoms with Crippen molar-refractivity contribution < 1.29 is 19.1 Å². The second-order valence-electron chi connectivity index (χ2n) is 2.91. The fourth-order valence-electron chi connectivity index (χ4n) is 0.927. The topological polar surface area (TPSA) is 102 Å². The number of carbonyl (C=O) groups excluding carboxylic acids is 2. The Hall–Kier alpha value is -1.94. The van der Waals surface area contributed by atoms with Crippen molar-refractivity contribution in [3.63, 3.8) is 0 Å². The molecule has 0 saturated heterocycles. The van der Waals surface area contributed by atoms with Crippen LogP contribution in [0.15, 0.2) is 22.3 Å². The van der Waals surface area contributed by atoms with Crippen LogP contribution in [-0.2, 0) is 19.1 Å². The van der Waals surface area contributed by atoms with Gasteiger partial charge in [0.15, 0.2) is 0 Å². The molecule has 0 atom stereocenters. The van der Waals surface area contributed by atoms with E-state index in [0.29, 0.717) is 0 Å². The standard InChI is InChI=1S/C11H14N2O4S/c1-3-16-10(14)8(11(15)17-4-2)5-7(6-12)9(13)18/h5,18H,3-4,13H2,1-2H3/b9-7-. The molecular weight excluding hydrogens is 256 g/mol. The van der Waals surface area contributed by atoms with E-state index in [1.54, 1.807) is 19.9 Å². The van der Waals surface area contributed by atoms with E-state index in [1.165, 1.54) is 0 Å². The molecule has 0 saturated carbocycles. The number of carbonyl (C=O) groups is 2. The molecule has 0 bridgehead atoms. The quantitative estimate of drug-likeness (QED) is 0.145. The molecule has 2 N–H and O–H groups in total. The molecule has 0 spiro atoms. The van der Waals surface area contributed by atoms with Crippen molar-refractivity contribution >= 4 is 24.6 Å². The number of allylic oxidation sites excluding steroid dienone is 2. The lowest BCUT2D eigenvalue weighted by Gasteiger charge is -2.06. The highest BCUT2D eigenvalue weighted by Gasteiger charge is 2.21. The lowest BCUT2D eigenvalue weighted by molar-refractivity contribution is -0.146. The average Bonchev–Trinajstić information content (AvgIpc) is 2.30. The van der Waals surface area contributed by atoms with E-state index in [9.17, 15) is 9.59 Å². The second kappa shape index (κ2) is 8.20. The minimum atomic E-state index is -0.877. The van der Waals surface area contributed by atoms with Gasteiger partial charge in [0.1, 0.15) is 11.6 Å². The summed E-state index contributed by atoms with van der Waals surface area (Å²) in [6, 6.07) is 1.71. The van der Waals surface area contributed by atoms with Gasteiger partial charge in [-0.15, -0.1) is 12.6 Å². The van der Waals surface area contributed by atoms with E-state index in [0.717, 1.165) is 6.08 Å². The first-order valence-corrected chi connectivity index (χ1v) is 5.57. The Morgan fingerprint density at radius 3 is 2.00 bits per heavy atom. The zero-order valence-corrected chi connectivity index (χ0v) is 11.0. The van der Waals surface area contributed by atoms with Gasteiger partial charge in [-0.1, -0.05) is 0 Å². The van der Waals surface area contributed by atoms with Crippen LogP contribution in [0.5, 0.6) is 0 Å². The van der Waals surface area contributed by atoms with Gasteiger partial charge in [0.2, 0.25) is 0 Å². The van der Waals surface area contributed by atoms with Crippen LogP contribution in [0.3, 0.4) is 0 Å². The molecule has 0 rings (SSSR count). The lowest BCUT2D eigenvalue weighted by Crippen LogP contribution is -2.18. The van der Waals surface area contributed by atoms with Gasteiger partial charge in [-0.2, -0.15) is 5.26 Å². The Balaban J connectivity index is 5.42. The first-order chi connectivity index (χ1) is 8.47. The summed E-state index contributed by atoms with van der Waals surface area (Å²) in [5.74, 6) is -1.75.